The Kier molecular flexibility index (Phi) is 4.38. The molecule has 0 bridgehead atoms. The van der Waals surface area contributed by atoms with Crippen molar-refractivity contribution in [2.75, 3.05) is 6.61 Å². The number of aryl methyl sites for hydroxylation is 1. The Morgan fingerprint density at radius 1 is 1.50 bits per heavy atom. The second-order valence-electron chi connectivity index (χ2n) is 4.45. The average molecular weight is 240 g/mol. The van der Waals surface area contributed by atoms with Crippen LogP contribution in [-0.4, -0.2) is 23.9 Å². The molecule has 1 aliphatic heterocycles. The van der Waals surface area contributed by atoms with Crippen LogP contribution in [0.1, 0.15) is 35.9 Å². The Morgan fingerprint density at radius 2 is 2.31 bits per heavy atom. The third-order valence-corrected chi connectivity index (χ3v) is 4.31. The highest BCUT2D eigenvalue weighted by molar-refractivity contribution is 7.11. The monoisotopic (exact) mass is 240 g/mol. The number of aliphatic hydroxyl groups is 1. The first-order valence-corrected chi connectivity index (χ1v) is 6.97. The predicted octanol–water partition coefficient (Wildman–Crippen LogP) is 2.78. The summed E-state index contributed by atoms with van der Waals surface area (Å²) in [5, 5.41) is 9.97. The molecule has 2 nitrogen and oxygen atoms in total. The SMILES string of the molecule is CCc1ccc(CC(O)CC2CCCO2)s1. The molecule has 2 atom stereocenters. The van der Waals surface area contributed by atoms with Gasteiger partial charge in [-0.1, -0.05) is 6.92 Å². The summed E-state index contributed by atoms with van der Waals surface area (Å²) in [6.07, 6.45) is 4.97. The van der Waals surface area contributed by atoms with E-state index in [-0.39, 0.29) is 6.10 Å². The van der Waals surface area contributed by atoms with Crippen molar-refractivity contribution < 1.29 is 9.84 Å². The molecule has 2 unspecified atom stereocenters. The summed E-state index contributed by atoms with van der Waals surface area (Å²) in [6, 6.07) is 4.31. The van der Waals surface area contributed by atoms with E-state index in [1.807, 2.05) is 11.3 Å². The Labute approximate surface area is 101 Å². The van der Waals surface area contributed by atoms with Crippen LogP contribution in [0.5, 0.6) is 0 Å². The maximum atomic E-state index is 9.97. The van der Waals surface area contributed by atoms with Crippen molar-refractivity contribution in [3.8, 4) is 0 Å². The first-order chi connectivity index (χ1) is 7.78. The molecule has 0 spiro atoms. The van der Waals surface area contributed by atoms with Gasteiger partial charge in [-0.2, -0.15) is 0 Å². The minimum atomic E-state index is -0.244. The molecule has 1 aromatic rings. The fourth-order valence-electron chi connectivity index (χ4n) is 2.17. The molecule has 1 fully saturated rings. The molecule has 0 saturated carbocycles. The van der Waals surface area contributed by atoms with Gasteiger partial charge in [-0.05, 0) is 37.8 Å². The van der Waals surface area contributed by atoms with Gasteiger partial charge < -0.3 is 9.84 Å². The molecule has 3 heteroatoms. The fraction of sp³-hybridized carbons (Fsp3) is 0.692. The van der Waals surface area contributed by atoms with Crippen molar-refractivity contribution in [2.45, 2.75) is 51.2 Å². The van der Waals surface area contributed by atoms with Crippen LogP contribution in [0.25, 0.3) is 0 Å². The van der Waals surface area contributed by atoms with Crippen LogP contribution in [0.4, 0.5) is 0 Å². The zero-order valence-electron chi connectivity index (χ0n) is 9.82. The lowest BCUT2D eigenvalue weighted by Gasteiger charge is -2.14. The van der Waals surface area contributed by atoms with Gasteiger partial charge in [0.15, 0.2) is 0 Å². The van der Waals surface area contributed by atoms with Gasteiger partial charge in [-0.15, -0.1) is 11.3 Å². The first kappa shape index (κ1) is 12.1. The number of thiophene rings is 1. The van der Waals surface area contributed by atoms with E-state index in [9.17, 15) is 5.11 Å². The molecule has 1 aliphatic rings. The fourth-order valence-corrected chi connectivity index (χ4v) is 3.20. The van der Waals surface area contributed by atoms with Crippen LogP contribution >= 0.6 is 11.3 Å². The number of hydrogen-bond donors (Lipinski definition) is 1. The Morgan fingerprint density at radius 3 is 2.94 bits per heavy atom. The first-order valence-electron chi connectivity index (χ1n) is 6.15. The molecule has 90 valence electrons. The minimum absolute atomic E-state index is 0.244. The van der Waals surface area contributed by atoms with Crippen molar-refractivity contribution in [2.24, 2.45) is 0 Å². The quantitative estimate of drug-likeness (QED) is 0.857. The van der Waals surface area contributed by atoms with Gasteiger partial charge in [-0.25, -0.2) is 0 Å². The summed E-state index contributed by atoms with van der Waals surface area (Å²) < 4.78 is 5.53. The zero-order valence-corrected chi connectivity index (χ0v) is 10.6. The lowest BCUT2D eigenvalue weighted by molar-refractivity contribution is 0.0544. The van der Waals surface area contributed by atoms with Crippen LogP contribution in [0.3, 0.4) is 0 Å². The Balaban J connectivity index is 1.79. The van der Waals surface area contributed by atoms with Gasteiger partial charge in [0, 0.05) is 22.8 Å². The van der Waals surface area contributed by atoms with E-state index in [1.54, 1.807) is 0 Å². The van der Waals surface area contributed by atoms with Crippen molar-refractivity contribution >= 4 is 11.3 Å². The van der Waals surface area contributed by atoms with Gasteiger partial charge in [0.25, 0.3) is 0 Å². The molecule has 0 radical (unpaired) electrons. The van der Waals surface area contributed by atoms with E-state index in [0.29, 0.717) is 6.10 Å². The zero-order chi connectivity index (χ0) is 11.4. The highest BCUT2D eigenvalue weighted by atomic mass is 32.1. The third kappa shape index (κ3) is 3.30. The van der Waals surface area contributed by atoms with E-state index in [2.05, 4.69) is 19.1 Å². The van der Waals surface area contributed by atoms with Gasteiger partial charge in [-0.3, -0.25) is 0 Å². The van der Waals surface area contributed by atoms with Gasteiger partial charge in [0.1, 0.15) is 0 Å². The molecule has 0 aromatic carbocycles. The van der Waals surface area contributed by atoms with Gasteiger partial charge in [0.2, 0.25) is 0 Å². The summed E-state index contributed by atoms with van der Waals surface area (Å²) in [5.41, 5.74) is 0. The second kappa shape index (κ2) is 5.80. The third-order valence-electron chi connectivity index (χ3n) is 3.06. The van der Waals surface area contributed by atoms with Crippen LogP contribution in [-0.2, 0) is 17.6 Å². The number of hydrogen-bond acceptors (Lipinski definition) is 3. The standard InChI is InChI=1S/C13H20O2S/c1-2-12-5-6-13(16-12)9-10(14)8-11-4-3-7-15-11/h5-6,10-11,14H,2-4,7-9H2,1H3. The van der Waals surface area contributed by atoms with Crippen LogP contribution in [0, 0.1) is 0 Å². The summed E-state index contributed by atoms with van der Waals surface area (Å²) in [4.78, 5) is 2.70. The second-order valence-corrected chi connectivity index (χ2v) is 5.70. The topological polar surface area (TPSA) is 29.5 Å². The summed E-state index contributed by atoms with van der Waals surface area (Å²) >= 11 is 1.82. The summed E-state index contributed by atoms with van der Waals surface area (Å²) in [7, 11) is 0. The average Bonchev–Trinajstić information content (AvgIpc) is 2.89. The smallest absolute Gasteiger partial charge is 0.0613 e. The van der Waals surface area contributed by atoms with Crippen molar-refractivity contribution in [1.82, 2.24) is 0 Å². The molecule has 1 N–H and O–H groups in total. The van der Waals surface area contributed by atoms with E-state index in [1.165, 1.54) is 9.75 Å². The highest BCUT2D eigenvalue weighted by Gasteiger charge is 2.19. The molecule has 16 heavy (non-hydrogen) atoms. The predicted molar refractivity (Wildman–Crippen MR) is 67.0 cm³/mol. The number of rotatable bonds is 5. The molecule has 0 aliphatic carbocycles. The number of aliphatic hydroxyl groups excluding tert-OH is 1. The van der Waals surface area contributed by atoms with Crippen molar-refractivity contribution in [1.29, 1.82) is 0 Å². The summed E-state index contributed by atoms with van der Waals surface area (Å²) in [6.45, 7) is 3.04. The Hall–Kier alpha value is -0.380. The van der Waals surface area contributed by atoms with E-state index in [0.717, 1.165) is 38.7 Å². The lowest BCUT2D eigenvalue weighted by atomic mass is 10.1. The van der Waals surface area contributed by atoms with Crippen molar-refractivity contribution in [3.63, 3.8) is 0 Å². The van der Waals surface area contributed by atoms with E-state index in [4.69, 9.17) is 4.74 Å². The van der Waals surface area contributed by atoms with E-state index >= 15 is 0 Å². The van der Waals surface area contributed by atoms with Crippen LogP contribution in [0.2, 0.25) is 0 Å². The molecule has 1 saturated heterocycles. The lowest BCUT2D eigenvalue weighted by Crippen LogP contribution is -2.18. The molecule has 2 heterocycles. The van der Waals surface area contributed by atoms with Gasteiger partial charge >= 0.3 is 0 Å². The van der Waals surface area contributed by atoms with Crippen molar-refractivity contribution in [3.05, 3.63) is 21.9 Å². The molecule has 1 aromatic heterocycles. The highest BCUT2D eigenvalue weighted by Crippen LogP contribution is 2.22. The normalized spacial score (nSPS) is 22.5. The molecular weight excluding hydrogens is 220 g/mol. The molecule has 2 rings (SSSR count). The van der Waals surface area contributed by atoms with Crippen LogP contribution < -0.4 is 0 Å². The van der Waals surface area contributed by atoms with Crippen LogP contribution in [0.15, 0.2) is 12.1 Å². The Bertz CT molecular complexity index is 315. The number of ether oxygens (including phenoxy) is 1. The molecule has 0 amide bonds. The van der Waals surface area contributed by atoms with Gasteiger partial charge in [0.05, 0.1) is 12.2 Å². The maximum absolute atomic E-state index is 9.97. The maximum Gasteiger partial charge on any atom is 0.0613 e. The summed E-state index contributed by atoms with van der Waals surface area (Å²) in [5.74, 6) is 0. The molecular formula is C13H20O2S. The largest absolute Gasteiger partial charge is 0.393 e. The minimum Gasteiger partial charge on any atom is -0.393 e. The van der Waals surface area contributed by atoms with E-state index < -0.39 is 0 Å².